The molecule has 1 aromatic heterocycles. The van der Waals surface area contributed by atoms with Crippen molar-refractivity contribution in [2.45, 2.75) is 44.6 Å². The molecule has 1 saturated carbocycles. The van der Waals surface area contributed by atoms with Crippen molar-refractivity contribution < 1.29 is 4.74 Å². The van der Waals surface area contributed by atoms with E-state index in [0.717, 1.165) is 65.5 Å². The zero-order chi connectivity index (χ0) is 27.6. The highest BCUT2D eigenvalue weighted by Crippen LogP contribution is 2.33. The first-order chi connectivity index (χ1) is 19.5. The Morgan fingerprint density at radius 1 is 0.950 bits per heavy atom. The first-order valence-electron chi connectivity index (χ1n) is 13.3. The summed E-state index contributed by atoms with van der Waals surface area (Å²) in [7, 11) is 0. The molecular formula is C32H26BrI2N3O2. The summed E-state index contributed by atoms with van der Waals surface area (Å²) in [5, 5.41) is 7.70. The number of halogens is 3. The fourth-order valence-electron chi connectivity index (χ4n) is 5.39. The number of fused-ring (bicyclic) bond motifs is 2. The predicted molar refractivity (Wildman–Crippen MR) is 183 cm³/mol. The minimum Gasteiger partial charge on any atom is -0.487 e. The van der Waals surface area contributed by atoms with Gasteiger partial charge in [-0.1, -0.05) is 77.7 Å². The quantitative estimate of drug-likeness (QED) is 0.127. The third-order valence-electron chi connectivity index (χ3n) is 7.40. The lowest BCUT2D eigenvalue weighted by Crippen LogP contribution is -2.25. The van der Waals surface area contributed by atoms with E-state index in [4.69, 9.17) is 14.8 Å². The molecule has 0 unspecified atom stereocenters. The van der Waals surface area contributed by atoms with Crippen LogP contribution in [0.4, 0.5) is 0 Å². The molecule has 0 amide bonds. The van der Waals surface area contributed by atoms with Gasteiger partial charge < -0.3 is 4.74 Å². The second-order valence-corrected chi connectivity index (χ2v) is 13.3. The van der Waals surface area contributed by atoms with Crippen molar-refractivity contribution in [2.24, 2.45) is 5.10 Å². The van der Waals surface area contributed by atoms with E-state index in [1.807, 2.05) is 30.3 Å². The van der Waals surface area contributed by atoms with Crippen molar-refractivity contribution in [3.05, 3.63) is 112 Å². The van der Waals surface area contributed by atoms with Gasteiger partial charge in [0.15, 0.2) is 0 Å². The molecule has 1 heterocycles. The molecule has 1 aliphatic rings. The maximum atomic E-state index is 13.6. The van der Waals surface area contributed by atoms with Crippen LogP contribution < -0.4 is 10.3 Å². The van der Waals surface area contributed by atoms with E-state index in [0.29, 0.717) is 12.0 Å². The van der Waals surface area contributed by atoms with Crippen molar-refractivity contribution >= 4 is 89.0 Å². The lowest BCUT2D eigenvalue weighted by molar-refractivity contribution is 0.303. The van der Waals surface area contributed by atoms with Crippen LogP contribution in [0.5, 0.6) is 5.75 Å². The molecule has 0 N–H and O–H groups in total. The topological polar surface area (TPSA) is 56.5 Å². The SMILES string of the molecule is O=c1c2cc(Br)ccc2nc(C2CCCCC2)n1N=Cc1cc(I)c(OCc2cccc3ccccc23)c(I)c1. The number of hydrogen-bond donors (Lipinski definition) is 0. The number of rotatable bonds is 6. The van der Waals surface area contributed by atoms with Gasteiger partial charge >= 0.3 is 0 Å². The molecule has 5 nitrogen and oxygen atoms in total. The van der Waals surface area contributed by atoms with Crippen LogP contribution in [0.1, 0.15) is 55.0 Å². The molecule has 0 aliphatic heterocycles. The van der Waals surface area contributed by atoms with Crippen LogP contribution in [-0.4, -0.2) is 15.9 Å². The molecule has 8 heteroatoms. The van der Waals surface area contributed by atoms with Crippen molar-refractivity contribution in [1.29, 1.82) is 0 Å². The zero-order valence-electron chi connectivity index (χ0n) is 21.6. The second kappa shape index (κ2) is 12.3. The molecule has 202 valence electrons. The first kappa shape index (κ1) is 27.8. The Kier molecular flexibility index (Phi) is 8.55. The number of hydrogen-bond acceptors (Lipinski definition) is 4. The molecule has 40 heavy (non-hydrogen) atoms. The van der Waals surface area contributed by atoms with E-state index in [2.05, 4.69) is 104 Å². The van der Waals surface area contributed by atoms with E-state index in [9.17, 15) is 4.79 Å². The van der Waals surface area contributed by atoms with E-state index in [1.54, 1.807) is 6.21 Å². The third kappa shape index (κ3) is 5.85. The first-order valence-corrected chi connectivity index (χ1v) is 16.3. The van der Waals surface area contributed by atoms with E-state index in [1.165, 1.54) is 21.9 Å². The normalized spacial score (nSPS) is 14.4. The average Bonchev–Trinajstić information content (AvgIpc) is 2.97. The van der Waals surface area contributed by atoms with Crippen molar-refractivity contribution in [1.82, 2.24) is 9.66 Å². The smallest absolute Gasteiger partial charge is 0.282 e. The highest BCUT2D eigenvalue weighted by atomic mass is 127. The summed E-state index contributed by atoms with van der Waals surface area (Å²) in [6.07, 6.45) is 7.36. The van der Waals surface area contributed by atoms with Crippen LogP contribution in [0.3, 0.4) is 0 Å². The van der Waals surface area contributed by atoms with Crippen molar-refractivity contribution in [2.75, 3.05) is 0 Å². The summed E-state index contributed by atoms with van der Waals surface area (Å²) in [6.45, 7) is 0.485. The summed E-state index contributed by atoms with van der Waals surface area (Å²) in [6, 6.07) is 24.4. The number of aromatic nitrogens is 2. The Morgan fingerprint density at radius 3 is 2.50 bits per heavy atom. The Labute approximate surface area is 268 Å². The van der Waals surface area contributed by atoms with Crippen LogP contribution in [0, 0.1) is 7.14 Å². The summed E-state index contributed by atoms with van der Waals surface area (Å²) in [5.41, 5.74) is 2.64. The van der Waals surface area contributed by atoms with Gasteiger partial charge in [-0.05, 0) is 110 Å². The number of nitrogens with zero attached hydrogens (tertiary/aromatic N) is 3. The molecule has 0 spiro atoms. The van der Waals surface area contributed by atoms with Gasteiger partial charge in [0.25, 0.3) is 5.56 Å². The van der Waals surface area contributed by atoms with Crippen LogP contribution in [0.15, 0.2) is 87.2 Å². The summed E-state index contributed by atoms with van der Waals surface area (Å²) < 4.78 is 10.7. The maximum absolute atomic E-state index is 13.6. The van der Waals surface area contributed by atoms with Gasteiger partial charge in [-0.25, -0.2) is 4.98 Å². The van der Waals surface area contributed by atoms with Gasteiger partial charge in [-0.2, -0.15) is 9.78 Å². The summed E-state index contributed by atoms with van der Waals surface area (Å²) in [5.74, 6) is 1.84. The Bertz CT molecular complexity index is 1780. The zero-order valence-corrected chi connectivity index (χ0v) is 27.5. The Hall–Kier alpha value is -2.31. The van der Waals surface area contributed by atoms with E-state index < -0.39 is 0 Å². The van der Waals surface area contributed by atoms with Gasteiger partial charge in [0.2, 0.25) is 0 Å². The third-order valence-corrected chi connectivity index (χ3v) is 9.49. The lowest BCUT2D eigenvalue weighted by Gasteiger charge is -2.22. The second-order valence-electron chi connectivity index (χ2n) is 10.1. The molecular weight excluding hydrogens is 792 g/mol. The molecule has 1 fully saturated rings. The summed E-state index contributed by atoms with van der Waals surface area (Å²) >= 11 is 8.12. The molecule has 6 rings (SSSR count). The van der Waals surface area contributed by atoms with Crippen molar-refractivity contribution in [3.8, 4) is 5.75 Å². The molecule has 0 atom stereocenters. The molecule has 1 aliphatic carbocycles. The van der Waals surface area contributed by atoms with Gasteiger partial charge in [-0.15, -0.1) is 0 Å². The molecule has 5 aromatic rings. The molecule has 0 bridgehead atoms. The standard InChI is InChI=1S/C32H26BrI2N3O2/c33-24-13-14-29-26(17-24)32(39)38(31(37-29)22-8-2-1-3-9-22)36-18-20-15-27(34)30(28(35)16-20)40-19-23-11-6-10-21-7-4-5-12-25(21)23/h4-7,10-18,22H,1-3,8-9,19H2. The average molecular weight is 818 g/mol. The largest absolute Gasteiger partial charge is 0.487 e. The van der Waals surface area contributed by atoms with Gasteiger partial charge in [0.05, 0.1) is 24.3 Å². The summed E-state index contributed by atoms with van der Waals surface area (Å²) in [4.78, 5) is 18.6. The lowest BCUT2D eigenvalue weighted by atomic mass is 9.88. The monoisotopic (exact) mass is 817 g/mol. The fourth-order valence-corrected chi connectivity index (χ4v) is 7.88. The van der Waals surface area contributed by atoms with Crippen LogP contribution in [0.2, 0.25) is 0 Å². The van der Waals surface area contributed by atoms with Crippen molar-refractivity contribution in [3.63, 3.8) is 0 Å². The number of benzene rings is 4. The minimum absolute atomic E-state index is 0.137. The number of ether oxygens (including phenoxy) is 1. The van der Waals surface area contributed by atoms with Crippen LogP contribution in [0.25, 0.3) is 21.7 Å². The Balaban J connectivity index is 1.31. The van der Waals surface area contributed by atoms with Gasteiger partial charge in [0.1, 0.15) is 18.2 Å². The molecule has 0 saturated heterocycles. The highest BCUT2D eigenvalue weighted by Gasteiger charge is 2.22. The predicted octanol–water partition coefficient (Wildman–Crippen LogP) is 9.03. The van der Waals surface area contributed by atoms with Gasteiger partial charge in [-0.3, -0.25) is 4.79 Å². The van der Waals surface area contributed by atoms with Crippen LogP contribution in [-0.2, 0) is 6.61 Å². The van der Waals surface area contributed by atoms with E-state index in [-0.39, 0.29) is 11.5 Å². The van der Waals surface area contributed by atoms with Crippen LogP contribution >= 0.6 is 61.1 Å². The molecule has 0 radical (unpaired) electrons. The molecule has 4 aromatic carbocycles. The minimum atomic E-state index is -0.137. The highest BCUT2D eigenvalue weighted by molar-refractivity contribution is 14.1. The Morgan fingerprint density at radius 2 is 1.70 bits per heavy atom. The van der Waals surface area contributed by atoms with Gasteiger partial charge in [0, 0.05) is 10.4 Å². The maximum Gasteiger partial charge on any atom is 0.282 e. The fraction of sp³-hybridized carbons (Fsp3) is 0.219. The van der Waals surface area contributed by atoms with E-state index >= 15 is 0 Å².